The SMILES string of the molecule is COc1cc(N2CC3(C[C@@H](CCOc4cncc(C)n4)CCO3)C2)ncn1. The summed E-state index contributed by atoms with van der Waals surface area (Å²) in [5.74, 6) is 2.67. The first-order valence-electron chi connectivity index (χ1n) is 9.32. The number of methoxy groups -OCH3 is 1. The number of aromatic nitrogens is 4. The maximum Gasteiger partial charge on any atom is 0.232 e. The summed E-state index contributed by atoms with van der Waals surface area (Å²) in [6.07, 6.45) is 8.06. The van der Waals surface area contributed by atoms with Gasteiger partial charge in [-0.15, -0.1) is 0 Å². The Bertz CT molecular complexity index is 781. The molecule has 2 aromatic rings. The van der Waals surface area contributed by atoms with E-state index in [-0.39, 0.29) is 5.60 Å². The van der Waals surface area contributed by atoms with Gasteiger partial charge >= 0.3 is 0 Å². The highest BCUT2D eigenvalue weighted by Gasteiger charge is 2.48. The fraction of sp³-hybridized carbons (Fsp3) is 0.579. The van der Waals surface area contributed by atoms with Crippen molar-refractivity contribution in [2.75, 3.05) is 38.3 Å². The fourth-order valence-electron chi connectivity index (χ4n) is 3.86. The third-order valence-electron chi connectivity index (χ3n) is 5.22. The van der Waals surface area contributed by atoms with E-state index < -0.39 is 0 Å². The van der Waals surface area contributed by atoms with Gasteiger partial charge in [-0.2, -0.15) is 0 Å². The monoisotopic (exact) mass is 371 g/mol. The van der Waals surface area contributed by atoms with E-state index in [1.807, 2.05) is 13.0 Å². The van der Waals surface area contributed by atoms with Gasteiger partial charge in [-0.1, -0.05) is 0 Å². The van der Waals surface area contributed by atoms with E-state index in [1.165, 1.54) is 6.33 Å². The van der Waals surface area contributed by atoms with Gasteiger partial charge in [0, 0.05) is 18.9 Å². The van der Waals surface area contributed by atoms with Crippen LogP contribution in [-0.2, 0) is 4.74 Å². The Hall–Kier alpha value is -2.48. The molecule has 0 amide bonds. The molecule has 0 saturated carbocycles. The van der Waals surface area contributed by atoms with E-state index in [2.05, 4.69) is 24.8 Å². The zero-order valence-electron chi connectivity index (χ0n) is 15.8. The summed E-state index contributed by atoms with van der Waals surface area (Å²) in [6.45, 7) is 5.08. The summed E-state index contributed by atoms with van der Waals surface area (Å²) in [7, 11) is 1.61. The number of hydrogen-bond donors (Lipinski definition) is 0. The van der Waals surface area contributed by atoms with Crippen molar-refractivity contribution in [3.05, 3.63) is 30.5 Å². The average molecular weight is 371 g/mol. The molecule has 27 heavy (non-hydrogen) atoms. The van der Waals surface area contributed by atoms with Crippen molar-refractivity contribution < 1.29 is 14.2 Å². The van der Waals surface area contributed by atoms with Crippen LogP contribution in [0.3, 0.4) is 0 Å². The molecule has 0 aliphatic carbocycles. The molecule has 2 saturated heterocycles. The molecular weight excluding hydrogens is 346 g/mol. The number of ether oxygens (including phenoxy) is 3. The van der Waals surface area contributed by atoms with E-state index in [1.54, 1.807) is 19.5 Å². The number of nitrogens with zero attached hydrogens (tertiary/aromatic N) is 5. The largest absolute Gasteiger partial charge is 0.481 e. The lowest BCUT2D eigenvalue weighted by atomic mass is 9.79. The van der Waals surface area contributed by atoms with Crippen molar-refractivity contribution in [1.82, 2.24) is 19.9 Å². The van der Waals surface area contributed by atoms with Gasteiger partial charge in [0.15, 0.2) is 0 Å². The van der Waals surface area contributed by atoms with Gasteiger partial charge in [-0.3, -0.25) is 4.98 Å². The van der Waals surface area contributed by atoms with E-state index in [0.29, 0.717) is 24.3 Å². The van der Waals surface area contributed by atoms with Crippen LogP contribution >= 0.6 is 0 Å². The quantitative estimate of drug-likeness (QED) is 0.763. The molecule has 2 aliphatic heterocycles. The standard InChI is InChI=1S/C19H25N5O3/c1-14-9-20-10-18(23-14)26-5-3-15-4-6-27-19(8-15)11-24(12-19)16-7-17(25-2)22-13-21-16/h7,9-10,13,15H,3-6,8,11-12H2,1-2H3/t15-/m0/s1. The molecule has 2 aromatic heterocycles. The number of aryl methyl sites for hydroxylation is 1. The van der Waals surface area contributed by atoms with Crippen LogP contribution in [0.1, 0.15) is 25.0 Å². The molecule has 0 aromatic carbocycles. The Morgan fingerprint density at radius 3 is 2.96 bits per heavy atom. The van der Waals surface area contributed by atoms with Crippen molar-refractivity contribution in [3.63, 3.8) is 0 Å². The lowest BCUT2D eigenvalue weighted by molar-refractivity contribution is -0.115. The summed E-state index contributed by atoms with van der Waals surface area (Å²) in [5.41, 5.74) is 0.804. The van der Waals surface area contributed by atoms with Gasteiger partial charge in [0.25, 0.3) is 0 Å². The summed E-state index contributed by atoms with van der Waals surface area (Å²) >= 11 is 0. The first-order valence-corrected chi connectivity index (χ1v) is 9.32. The normalized spacial score (nSPS) is 21.0. The second kappa shape index (κ2) is 7.64. The molecule has 1 atom stereocenters. The fourth-order valence-corrected chi connectivity index (χ4v) is 3.86. The maximum atomic E-state index is 6.14. The molecule has 1 spiro atoms. The van der Waals surface area contributed by atoms with Gasteiger partial charge in [-0.25, -0.2) is 15.0 Å². The predicted molar refractivity (Wildman–Crippen MR) is 99.1 cm³/mol. The van der Waals surface area contributed by atoms with Crippen LogP contribution in [0, 0.1) is 12.8 Å². The molecule has 4 rings (SSSR count). The lowest BCUT2D eigenvalue weighted by Gasteiger charge is -2.53. The van der Waals surface area contributed by atoms with E-state index in [0.717, 1.165) is 50.5 Å². The zero-order valence-corrected chi connectivity index (χ0v) is 15.8. The van der Waals surface area contributed by atoms with Crippen molar-refractivity contribution in [3.8, 4) is 11.8 Å². The first kappa shape index (κ1) is 17.9. The molecule has 8 heteroatoms. The summed E-state index contributed by atoms with van der Waals surface area (Å²) in [4.78, 5) is 19.1. The van der Waals surface area contributed by atoms with Gasteiger partial charge in [-0.05, 0) is 32.1 Å². The Morgan fingerprint density at radius 1 is 1.26 bits per heavy atom. The molecule has 4 heterocycles. The highest BCUT2D eigenvalue weighted by atomic mass is 16.5. The third-order valence-corrected chi connectivity index (χ3v) is 5.22. The van der Waals surface area contributed by atoms with Crippen molar-refractivity contribution in [2.45, 2.75) is 31.8 Å². The second-order valence-corrected chi connectivity index (χ2v) is 7.30. The van der Waals surface area contributed by atoms with E-state index in [9.17, 15) is 0 Å². The van der Waals surface area contributed by atoms with Crippen LogP contribution in [0.15, 0.2) is 24.8 Å². The molecule has 0 N–H and O–H groups in total. The number of rotatable bonds is 6. The van der Waals surface area contributed by atoms with Gasteiger partial charge in [0.2, 0.25) is 11.8 Å². The van der Waals surface area contributed by atoms with Crippen LogP contribution in [0.2, 0.25) is 0 Å². The Kier molecular flexibility index (Phi) is 5.07. The molecule has 2 fully saturated rings. The molecule has 0 radical (unpaired) electrons. The molecular formula is C19H25N5O3. The van der Waals surface area contributed by atoms with Crippen molar-refractivity contribution in [1.29, 1.82) is 0 Å². The smallest absolute Gasteiger partial charge is 0.232 e. The van der Waals surface area contributed by atoms with Crippen LogP contribution in [0.25, 0.3) is 0 Å². The van der Waals surface area contributed by atoms with Gasteiger partial charge in [0.05, 0.1) is 38.7 Å². The first-order chi connectivity index (χ1) is 13.2. The van der Waals surface area contributed by atoms with Gasteiger partial charge < -0.3 is 19.1 Å². The zero-order chi connectivity index (χ0) is 18.7. The molecule has 0 bridgehead atoms. The Morgan fingerprint density at radius 2 is 2.15 bits per heavy atom. The van der Waals surface area contributed by atoms with Crippen molar-refractivity contribution in [2.24, 2.45) is 5.92 Å². The molecule has 144 valence electrons. The minimum absolute atomic E-state index is 0.0652. The highest BCUT2D eigenvalue weighted by molar-refractivity contribution is 5.45. The number of hydrogen-bond acceptors (Lipinski definition) is 8. The van der Waals surface area contributed by atoms with Crippen molar-refractivity contribution >= 4 is 5.82 Å². The Balaban J connectivity index is 1.27. The van der Waals surface area contributed by atoms with Gasteiger partial charge in [0.1, 0.15) is 17.7 Å². The third kappa shape index (κ3) is 4.10. The topological polar surface area (TPSA) is 82.5 Å². The minimum Gasteiger partial charge on any atom is -0.481 e. The lowest BCUT2D eigenvalue weighted by Crippen LogP contribution is -2.65. The molecule has 8 nitrogen and oxygen atoms in total. The summed E-state index contributed by atoms with van der Waals surface area (Å²) in [6, 6.07) is 1.86. The summed E-state index contributed by atoms with van der Waals surface area (Å²) < 4.78 is 17.1. The highest BCUT2D eigenvalue weighted by Crippen LogP contribution is 2.39. The predicted octanol–water partition coefficient (Wildman–Crippen LogP) is 2.04. The van der Waals surface area contributed by atoms with Crippen LogP contribution in [-0.4, -0.2) is 59.0 Å². The maximum absolute atomic E-state index is 6.14. The average Bonchev–Trinajstić information content (AvgIpc) is 2.66. The van der Waals surface area contributed by atoms with E-state index in [4.69, 9.17) is 14.2 Å². The molecule has 2 aliphatic rings. The number of anilines is 1. The molecule has 0 unspecified atom stereocenters. The van der Waals surface area contributed by atoms with Crippen LogP contribution < -0.4 is 14.4 Å². The van der Waals surface area contributed by atoms with E-state index >= 15 is 0 Å². The van der Waals surface area contributed by atoms with Crippen LogP contribution in [0.5, 0.6) is 11.8 Å². The van der Waals surface area contributed by atoms with Crippen LogP contribution in [0.4, 0.5) is 5.82 Å². The minimum atomic E-state index is -0.0652. The Labute approximate surface area is 158 Å². The summed E-state index contributed by atoms with van der Waals surface area (Å²) in [5, 5.41) is 0. The second-order valence-electron chi connectivity index (χ2n) is 7.30.